The number of anilines is 1. The van der Waals surface area contributed by atoms with Crippen LogP contribution in [-0.4, -0.2) is 61.7 Å². The van der Waals surface area contributed by atoms with Gasteiger partial charge in [-0.05, 0) is 55.9 Å². The van der Waals surface area contributed by atoms with Crippen molar-refractivity contribution >= 4 is 34.5 Å². The molecule has 0 saturated carbocycles. The number of aromatic nitrogens is 6. The fraction of sp³-hybridized carbons (Fsp3) is 0.348. The number of fused-ring (bicyclic) bond motifs is 1. The van der Waals surface area contributed by atoms with Crippen LogP contribution in [0.25, 0.3) is 22.3 Å². The van der Waals surface area contributed by atoms with Gasteiger partial charge < -0.3 is 10.2 Å². The van der Waals surface area contributed by atoms with E-state index >= 15 is 0 Å². The highest BCUT2D eigenvalue weighted by Crippen LogP contribution is 2.28. The smallest absolute Gasteiger partial charge is 0.269 e. The molecule has 0 spiro atoms. The predicted octanol–water partition coefficient (Wildman–Crippen LogP) is 3.50. The Bertz CT molecular complexity index is 1300. The molecular formula is C23H25FN8OS. The first-order chi connectivity index (χ1) is 16.6. The third kappa shape index (κ3) is 4.60. The summed E-state index contributed by atoms with van der Waals surface area (Å²) in [5.41, 5.74) is 2.42. The second kappa shape index (κ2) is 9.80. The van der Waals surface area contributed by atoms with Gasteiger partial charge >= 0.3 is 0 Å². The molecule has 11 heteroatoms. The van der Waals surface area contributed by atoms with Crippen molar-refractivity contribution in [3.05, 3.63) is 48.0 Å². The third-order valence-corrected chi connectivity index (χ3v) is 6.41. The van der Waals surface area contributed by atoms with Gasteiger partial charge in [0, 0.05) is 25.2 Å². The summed E-state index contributed by atoms with van der Waals surface area (Å²) in [5.74, 6) is 0.349. The van der Waals surface area contributed by atoms with Gasteiger partial charge in [-0.3, -0.25) is 9.89 Å². The van der Waals surface area contributed by atoms with E-state index < -0.39 is 0 Å². The molecule has 34 heavy (non-hydrogen) atoms. The number of piperidine rings is 1. The summed E-state index contributed by atoms with van der Waals surface area (Å²) in [6.45, 7) is 2.83. The lowest BCUT2D eigenvalue weighted by Gasteiger charge is -2.28. The van der Waals surface area contributed by atoms with Gasteiger partial charge in [0.2, 0.25) is 0 Å². The number of halogens is 1. The molecule has 1 fully saturated rings. The first-order valence-corrected chi connectivity index (χ1v) is 12.5. The Hall–Kier alpha value is -3.47. The Balaban J connectivity index is 1.27. The number of nitrogens with zero attached hydrogens (tertiary/aromatic N) is 6. The number of nitrogens with one attached hydrogen (secondary N) is 2. The summed E-state index contributed by atoms with van der Waals surface area (Å²) >= 11 is 1.51. The predicted molar refractivity (Wildman–Crippen MR) is 129 cm³/mol. The van der Waals surface area contributed by atoms with E-state index in [1.165, 1.54) is 30.3 Å². The number of amides is 1. The molecule has 3 aromatic heterocycles. The normalized spacial score (nSPS) is 14.0. The molecule has 0 aliphatic carbocycles. The number of carbonyl (C=O) groups excluding carboxylic acids is 1. The zero-order valence-electron chi connectivity index (χ0n) is 18.8. The molecule has 1 aliphatic heterocycles. The highest BCUT2D eigenvalue weighted by molar-refractivity contribution is 7.98. The van der Waals surface area contributed by atoms with Crippen molar-refractivity contribution in [2.24, 2.45) is 0 Å². The standard InChI is InChI=1S/C23H25FN8OS/c1-34-23-27-20(31-10-3-2-4-11-31)17-14-26-32(21(17)28-23)12-9-25-22(33)19-13-18(29-30-19)15-5-7-16(24)8-6-15/h5-8,13-14H,2-4,9-12H2,1H3,(H,25,33)(H,29,30). The number of benzene rings is 1. The molecule has 1 aliphatic rings. The van der Waals surface area contributed by atoms with Crippen molar-refractivity contribution in [2.45, 2.75) is 31.0 Å². The Morgan fingerprint density at radius 2 is 1.97 bits per heavy atom. The molecule has 1 aromatic carbocycles. The minimum absolute atomic E-state index is 0.272. The number of hydrogen-bond acceptors (Lipinski definition) is 7. The lowest BCUT2D eigenvalue weighted by atomic mass is 10.1. The summed E-state index contributed by atoms with van der Waals surface area (Å²) in [5, 5.41) is 16.0. The van der Waals surface area contributed by atoms with Gasteiger partial charge in [0.25, 0.3) is 5.91 Å². The fourth-order valence-electron chi connectivity index (χ4n) is 4.10. The van der Waals surface area contributed by atoms with Crippen molar-refractivity contribution in [3.63, 3.8) is 0 Å². The van der Waals surface area contributed by atoms with Crippen LogP contribution in [0.2, 0.25) is 0 Å². The molecule has 5 rings (SSSR count). The summed E-state index contributed by atoms with van der Waals surface area (Å²) in [4.78, 5) is 24.3. The van der Waals surface area contributed by atoms with Crippen LogP contribution < -0.4 is 10.2 Å². The molecular weight excluding hydrogens is 455 g/mol. The van der Waals surface area contributed by atoms with Crippen LogP contribution in [0, 0.1) is 5.82 Å². The van der Waals surface area contributed by atoms with Gasteiger partial charge in [-0.1, -0.05) is 11.8 Å². The van der Waals surface area contributed by atoms with E-state index in [9.17, 15) is 9.18 Å². The first-order valence-electron chi connectivity index (χ1n) is 11.2. The number of carbonyl (C=O) groups is 1. The van der Waals surface area contributed by atoms with E-state index in [1.807, 2.05) is 12.5 Å². The maximum Gasteiger partial charge on any atom is 0.269 e. The van der Waals surface area contributed by atoms with E-state index in [0.29, 0.717) is 29.6 Å². The number of aromatic amines is 1. The average Bonchev–Trinajstić information content (AvgIpc) is 3.52. The van der Waals surface area contributed by atoms with Crippen molar-refractivity contribution in [2.75, 3.05) is 30.8 Å². The van der Waals surface area contributed by atoms with Gasteiger partial charge in [-0.2, -0.15) is 10.2 Å². The second-order valence-electron chi connectivity index (χ2n) is 8.12. The van der Waals surface area contributed by atoms with E-state index in [4.69, 9.17) is 4.98 Å². The first kappa shape index (κ1) is 22.3. The highest BCUT2D eigenvalue weighted by Gasteiger charge is 2.20. The topological polar surface area (TPSA) is 105 Å². The van der Waals surface area contributed by atoms with Gasteiger partial charge in [-0.25, -0.2) is 19.0 Å². The molecule has 4 heterocycles. The minimum Gasteiger partial charge on any atom is -0.356 e. The van der Waals surface area contributed by atoms with Crippen LogP contribution in [0.5, 0.6) is 0 Å². The number of rotatable bonds is 7. The monoisotopic (exact) mass is 480 g/mol. The second-order valence-corrected chi connectivity index (χ2v) is 8.89. The van der Waals surface area contributed by atoms with Gasteiger partial charge in [0.05, 0.1) is 23.8 Å². The quantitative estimate of drug-likeness (QED) is 0.308. The number of thioether (sulfide) groups is 1. The minimum atomic E-state index is -0.318. The summed E-state index contributed by atoms with van der Waals surface area (Å²) in [7, 11) is 0. The molecule has 1 amide bonds. The van der Waals surface area contributed by atoms with E-state index in [2.05, 4.69) is 30.5 Å². The van der Waals surface area contributed by atoms with Crippen LogP contribution in [0.4, 0.5) is 10.2 Å². The van der Waals surface area contributed by atoms with Crippen molar-refractivity contribution in [3.8, 4) is 11.3 Å². The Kier molecular flexibility index (Phi) is 6.43. The summed E-state index contributed by atoms with van der Waals surface area (Å²) in [6, 6.07) is 7.62. The van der Waals surface area contributed by atoms with Crippen molar-refractivity contribution in [1.29, 1.82) is 0 Å². The van der Waals surface area contributed by atoms with Gasteiger partial charge in [-0.15, -0.1) is 0 Å². The lowest BCUT2D eigenvalue weighted by molar-refractivity contribution is 0.0947. The molecule has 0 unspecified atom stereocenters. The van der Waals surface area contributed by atoms with E-state index in [0.717, 1.165) is 48.3 Å². The van der Waals surface area contributed by atoms with Gasteiger partial charge in [0.15, 0.2) is 10.8 Å². The Morgan fingerprint density at radius 3 is 2.74 bits per heavy atom. The molecule has 1 saturated heterocycles. The average molecular weight is 481 g/mol. The van der Waals surface area contributed by atoms with Crippen molar-refractivity contribution in [1.82, 2.24) is 35.3 Å². The highest BCUT2D eigenvalue weighted by atomic mass is 32.2. The molecule has 4 aromatic rings. The van der Waals surface area contributed by atoms with Crippen LogP contribution in [-0.2, 0) is 6.54 Å². The SMILES string of the molecule is CSc1nc(N2CCCCC2)c2cnn(CCNC(=O)c3cc(-c4ccc(F)cc4)n[nH]3)c2n1. The zero-order chi connectivity index (χ0) is 23.5. The number of H-pyrrole nitrogens is 1. The Morgan fingerprint density at radius 1 is 1.18 bits per heavy atom. The fourth-order valence-corrected chi connectivity index (χ4v) is 4.46. The Labute approximate surface area is 200 Å². The van der Waals surface area contributed by atoms with E-state index in [1.54, 1.807) is 22.9 Å². The molecule has 176 valence electrons. The molecule has 0 radical (unpaired) electrons. The van der Waals surface area contributed by atoms with Crippen molar-refractivity contribution < 1.29 is 9.18 Å². The van der Waals surface area contributed by atoms with Crippen LogP contribution in [0.3, 0.4) is 0 Å². The molecule has 2 N–H and O–H groups in total. The summed E-state index contributed by atoms with van der Waals surface area (Å²) in [6.07, 6.45) is 7.36. The molecule has 9 nitrogen and oxygen atoms in total. The van der Waals surface area contributed by atoms with Crippen LogP contribution >= 0.6 is 11.8 Å². The lowest BCUT2D eigenvalue weighted by Crippen LogP contribution is -2.30. The third-order valence-electron chi connectivity index (χ3n) is 5.87. The maximum atomic E-state index is 13.1. The molecule has 0 atom stereocenters. The van der Waals surface area contributed by atoms with Crippen LogP contribution in [0.15, 0.2) is 41.7 Å². The maximum absolute atomic E-state index is 13.1. The summed E-state index contributed by atoms with van der Waals surface area (Å²) < 4.78 is 14.9. The van der Waals surface area contributed by atoms with Gasteiger partial charge in [0.1, 0.15) is 17.3 Å². The molecule has 0 bridgehead atoms. The zero-order valence-corrected chi connectivity index (χ0v) is 19.6. The number of hydrogen-bond donors (Lipinski definition) is 2. The van der Waals surface area contributed by atoms with E-state index in [-0.39, 0.29) is 11.7 Å². The largest absolute Gasteiger partial charge is 0.356 e. The van der Waals surface area contributed by atoms with Crippen LogP contribution in [0.1, 0.15) is 29.8 Å².